The van der Waals surface area contributed by atoms with Gasteiger partial charge in [0.15, 0.2) is 0 Å². The molecule has 1 amide bonds. The second-order valence-corrected chi connectivity index (χ2v) is 8.35. The van der Waals surface area contributed by atoms with Crippen LogP contribution < -0.4 is 14.5 Å². The third-order valence-corrected chi connectivity index (χ3v) is 6.49. The molecular weight excluding hydrogens is 394 g/mol. The molecule has 166 valence electrons. The Morgan fingerprint density at radius 3 is 2.52 bits per heavy atom. The molecule has 1 fully saturated rings. The number of aromatic nitrogens is 2. The molecule has 1 N–H and O–H groups in total. The van der Waals surface area contributed by atoms with Gasteiger partial charge < -0.3 is 19.6 Å². The van der Waals surface area contributed by atoms with E-state index in [0.29, 0.717) is 12.6 Å². The second-order valence-electron chi connectivity index (χ2n) is 8.35. The van der Waals surface area contributed by atoms with Crippen molar-refractivity contribution in [2.24, 2.45) is 5.92 Å². The average molecular weight is 426 g/mol. The molecule has 4 rings (SSSR count). The van der Waals surface area contributed by atoms with Gasteiger partial charge in [0, 0.05) is 75.3 Å². The number of β-amino-alcohol motifs (C(OH)–C–C–N with tert-alkyl or cyclic N) is 1. The van der Waals surface area contributed by atoms with E-state index < -0.39 is 0 Å². The number of fused-ring (bicyclic) bond motifs is 1. The van der Waals surface area contributed by atoms with E-state index in [1.807, 2.05) is 11.0 Å². The molecule has 3 heterocycles. The molecule has 8 heteroatoms. The number of benzene rings is 1. The van der Waals surface area contributed by atoms with E-state index in [-0.39, 0.29) is 30.6 Å². The smallest absolute Gasteiger partial charge is 0.316 e. The maximum absolute atomic E-state index is 12.5. The van der Waals surface area contributed by atoms with Crippen molar-refractivity contribution in [2.45, 2.75) is 32.9 Å². The van der Waals surface area contributed by atoms with Gasteiger partial charge in [0.25, 0.3) is 0 Å². The molecule has 0 unspecified atom stereocenters. The lowest BCUT2D eigenvalue weighted by Gasteiger charge is -2.43. The van der Waals surface area contributed by atoms with Crippen molar-refractivity contribution in [3.05, 3.63) is 42.2 Å². The van der Waals surface area contributed by atoms with E-state index >= 15 is 0 Å². The summed E-state index contributed by atoms with van der Waals surface area (Å²) < 4.78 is 6.27. The number of aliphatic hydroxyl groups is 1. The van der Waals surface area contributed by atoms with Gasteiger partial charge >= 0.3 is 6.01 Å². The van der Waals surface area contributed by atoms with Crippen LogP contribution in [0.5, 0.6) is 6.01 Å². The summed E-state index contributed by atoms with van der Waals surface area (Å²) >= 11 is 0. The van der Waals surface area contributed by atoms with Gasteiger partial charge in [-0.25, -0.2) is 9.97 Å². The van der Waals surface area contributed by atoms with Crippen LogP contribution in [0.15, 0.2) is 36.7 Å². The Balaban J connectivity index is 1.67. The third kappa shape index (κ3) is 4.36. The van der Waals surface area contributed by atoms with E-state index in [1.165, 1.54) is 0 Å². The number of carbonyl (C=O) groups excluding carboxylic acids is 1. The number of hydrogen-bond acceptors (Lipinski definition) is 7. The second kappa shape index (κ2) is 9.20. The topological polar surface area (TPSA) is 82.0 Å². The van der Waals surface area contributed by atoms with Crippen LogP contribution in [0.4, 0.5) is 11.4 Å². The first-order valence-corrected chi connectivity index (χ1v) is 10.9. The molecule has 3 atom stereocenters. The monoisotopic (exact) mass is 425 g/mol. The molecule has 1 aromatic heterocycles. The SMILES string of the molecule is CC(=O)N1c2ccc(N3CCN(CCO)CC3)cc2[C@H](Oc2ncccn2)[C@@H](C)[C@@H]1C. The van der Waals surface area contributed by atoms with Crippen molar-refractivity contribution in [2.75, 3.05) is 49.1 Å². The Kier molecular flexibility index (Phi) is 6.38. The molecule has 2 aliphatic rings. The van der Waals surface area contributed by atoms with Crippen LogP contribution in [-0.2, 0) is 4.79 Å². The first kappa shape index (κ1) is 21.5. The lowest BCUT2D eigenvalue weighted by molar-refractivity contribution is -0.117. The zero-order chi connectivity index (χ0) is 22.0. The summed E-state index contributed by atoms with van der Waals surface area (Å²) in [6, 6.07) is 8.39. The molecule has 0 bridgehead atoms. The molecule has 1 aromatic carbocycles. The molecular formula is C23H31N5O3. The summed E-state index contributed by atoms with van der Waals surface area (Å²) in [5.74, 6) is 0.0947. The highest BCUT2D eigenvalue weighted by Gasteiger charge is 2.40. The minimum atomic E-state index is -0.251. The van der Waals surface area contributed by atoms with E-state index in [4.69, 9.17) is 4.74 Å². The van der Waals surface area contributed by atoms with Crippen LogP contribution in [-0.4, -0.2) is 71.3 Å². The van der Waals surface area contributed by atoms with Gasteiger partial charge in [-0.3, -0.25) is 9.69 Å². The highest BCUT2D eigenvalue weighted by Crippen LogP contribution is 2.44. The summed E-state index contributed by atoms with van der Waals surface area (Å²) in [7, 11) is 0. The minimum Gasteiger partial charge on any atom is -0.455 e. The van der Waals surface area contributed by atoms with Crippen molar-refractivity contribution >= 4 is 17.3 Å². The van der Waals surface area contributed by atoms with Gasteiger partial charge in [0.1, 0.15) is 6.10 Å². The van der Waals surface area contributed by atoms with Gasteiger partial charge in [0.2, 0.25) is 5.91 Å². The minimum absolute atomic E-state index is 0.00779. The number of amides is 1. The fraction of sp³-hybridized carbons (Fsp3) is 0.522. The van der Waals surface area contributed by atoms with Gasteiger partial charge in [0.05, 0.1) is 12.3 Å². The fourth-order valence-electron chi connectivity index (χ4n) is 4.63. The fourth-order valence-corrected chi connectivity index (χ4v) is 4.63. The largest absolute Gasteiger partial charge is 0.455 e. The molecule has 0 aliphatic carbocycles. The van der Waals surface area contributed by atoms with Gasteiger partial charge in [-0.15, -0.1) is 0 Å². The quantitative estimate of drug-likeness (QED) is 0.786. The predicted octanol–water partition coefficient (Wildman–Crippen LogP) is 2.10. The van der Waals surface area contributed by atoms with Crippen molar-refractivity contribution in [1.82, 2.24) is 14.9 Å². The lowest BCUT2D eigenvalue weighted by Crippen LogP contribution is -2.49. The number of anilines is 2. The number of nitrogens with zero attached hydrogens (tertiary/aromatic N) is 5. The molecule has 2 aliphatic heterocycles. The number of rotatable bonds is 5. The number of carbonyl (C=O) groups is 1. The van der Waals surface area contributed by atoms with E-state index in [1.54, 1.807) is 25.4 Å². The zero-order valence-electron chi connectivity index (χ0n) is 18.4. The normalized spacial score (nSPS) is 24.1. The predicted molar refractivity (Wildman–Crippen MR) is 119 cm³/mol. The molecule has 1 saturated heterocycles. The summed E-state index contributed by atoms with van der Waals surface area (Å²) in [6.45, 7) is 10.3. The molecule has 2 aromatic rings. The third-order valence-electron chi connectivity index (χ3n) is 6.49. The number of aliphatic hydroxyl groups excluding tert-OH is 1. The summed E-state index contributed by atoms with van der Waals surface area (Å²) in [5.41, 5.74) is 3.00. The van der Waals surface area contributed by atoms with E-state index in [0.717, 1.165) is 43.1 Å². The van der Waals surface area contributed by atoms with Crippen LogP contribution in [0.1, 0.15) is 32.4 Å². The van der Waals surface area contributed by atoms with Crippen LogP contribution >= 0.6 is 0 Å². The Bertz CT molecular complexity index is 901. The summed E-state index contributed by atoms with van der Waals surface area (Å²) in [6.07, 6.45) is 3.09. The maximum atomic E-state index is 12.5. The molecule has 0 saturated carbocycles. The van der Waals surface area contributed by atoms with Crippen molar-refractivity contribution in [3.8, 4) is 6.01 Å². The van der Waals surface area contributed by atoms with Gasteiger partial charge in [-0.1, -0.05) is 6.92 Å². The first-order valence-electron chi connectivity index (χ1n) is 10.9. The maximum Gasteiger partial charge on any atom is 0.316 e. The van der Waals surface area contributed by atoms with Crippen LogP contribution in [0.3, 0.4) is 0 Å². The number of hydrogen-bond donors (Lipinski definition) is 1. The van der Waals surface area contributed by atoms with E-state index in [2.05, 4.69) is 45.7 Å². The van der Waals surface area contributed by atoms with Crippen LogP contribution in [0.2, 0.25) is 0 Å². The Hall–Kier alpha value is -2.71. The van der Waals surface area contributed by atoms with Crippen LogP contribution in [0.25, 0.3) is 0 Å². The van der Waals surface area contributed by atoms with Crippen molar-refractivity contribution in [1.29, 1.82) is 0 Å². The Morgan fingerprint density at radius 2 is 1.87 bits per heavy atom. The number of piperazine rings is 1. The van der Waals surface area contributed by atoms with Gasteiger partial charge in [-0.05, 0) is 31.2 Å². The highest BCUT2D eigenvalue weighted by atomic mass is 16.5. The summed E-state index contributed by atoms with van der Waals surface area (Å²) in [4.78, 5) is 27.5. The molecule has 31 heavy (non-hydrogen) atoms. The van der Waals surface area contributed by atoms with Crippen LogP contribution in [0, 0.1) is 5.92 Å². The number of ether oxygens (including phenoxy) is 1. The molecule has 0 radical (unpaired) electrons. The standard InChI is InChI=1S/C23H31N5O3/c1-16-17(2)28(18(3)30)21-6-5-19(27-11-9-26(10-12-27)13-14-29)15-20(21)22(16)31-23-24-7-4-8-25-23/h4-8,15-17,22,29H,9-14H2,1-3H3/t16-,17-,22+/m0/s1. The highest BCUT2D eigenvalue weighted by molar-refractivity contribution is 5.94. The lowest BCUT2D eigenvalue weighted by atomic mass is 9.84. The van der Waals surface area contributed by atoms with Crippen molar-refractivity contribution in [3.63, 3.8) is 0 Å². The Morgan fingerprint density at radius 1 is 1.16 bits per heavy atom. The van der Waals surface area contributed by atoms with E-state index in [9.17, 15) is 9.90 Å². The van der Waals surface area contributed by atoms with Crippen molar-refractivity contribution < 1.29 is 14.6 Å². The molecule has 0 spiro atoms. The first-order chi connectivity index (χ1) is 15.0. The zero-order valence-corrected chi connectivity index (χ0v) is 18.4. The summed E-state index contributed by atoms with van der Waals surface area (Å²) in [5, 5.41) is 9.19. The van der Waals surface area contributed by atoms with Gasteiger partial charge in [-0.2, -0.15) is 0 Å². The molecule has 8 nitrogen and oxygen atoms in total. The average Bonchev–Trinajstić information content (AvgIpc) is 2.78. The Labute approximate surface area is 183 Å².